The van der Waals surface area contributed by atoms with Gasteiger partial charge in [0.25, 0.3) is 0 Å². The average Bonchev–Trinajstić information content (AvgIpc) is 2.51. The molecule has 4 heteroatoms. The van der Waals surface area contributed by atoms with E-state index in [0.29, 0.717) is 6.04 Å². The Kier molecular flexibility index (Phi) is 2.23. The fourth-order valence-electron chi connectivity index (χ4n) is 2.25. The molecule has 1 fully saturated rings. The molecule has 0 saturated carbocycles. The predicted molar refractivity (Wildman–Crippen MR) is 55.4 cm³/mol. The van der Waals surface area contributed by atoms with E-state index in [1.165, 1.54) is 0 Å². The van der Waals surface area contributed by atoms with Gasteiger partial charge in [0.05, 0.1) is 0 Å². The van der Waals surface area contributed by atoms with Crippen LogP contribution in [0.5, 0.6) is 0 Å². The van der Waals surface area contributed by atoms with Crippen LogP contribution in [-0.4, -0.2) is 22.6 Å². The lowest BCUT2D eigenvalue weighted by Crippen LogP contribution is -2.45. The predicted octanol–water partition coefficient (Wildman–Crippen LogP) is 0.737. The van der Waals surface area contributed by atoms with E-state index in [2.05, 4.69) is 24.1 Å². The Labute approximate surface area is 83.3 Å². The zero-order valence-corrected chi connectivity index (χ0v) is 8.71. The third kappa shape index (κ3) is 1.50. The SMILES string of the molecule is CC1(C)CNCCC1n1cc[nH]c1=O. The average molecular weight is 195 g/mol. The van der Waals surface area contributed by atoms with Gasteiger partial charge in [-0.1, -0.05) is 13.8 Å². The fourth-order valence-corrected chi connectivity index (χ4v) is 2.25. The number of aromatic amines is 1. The van der Waals surface area contributed by atoms with Crippen molar-refractivity contribution in [2.24, 2.45) is 5.41 Å². The molecule has 14 heavy (non-hydrogen) atoms. The summed E-state index contributed by atoms with van der Waals surface area (Å²) in [4.78, 5) is 14.2. The van der Waals surface area contributed by atoms with Crippen molar-refractivity contribution in [1.82, 2.24) is 14.9 Å². The maximum absolute atomic E-state index is 11.5. The van der Waals surface area contributed by atoms with E-state index >= 15 is 0 Å². The summed E-state index contributed by atoms with van der Waals surface area (Å²) in [5.74, 6) is 0. The van der Waals surface area contributed by atoms with Crippen molar-refractivity contribution in [2.75, 3.05) is 13.1 Å². The van der Waals surface area contributed by atoms with Crippen molar-refractivity contribution in [3.05, 3.63) is 22.9 Å². The van der Waals surface area contributed by atoms with Gasteiger partial charge in [0.1, 0.15) is 0 Å². The van der Waals surface area contributed by atoms with Crippen molar-refractivity contribution in [3.63, 3.8) is 0 Å². The molecule has 2 heterocycles. The highest BCUT2D eigenvalue weighted by atomic mass is 16.1. The van der Waals surface area contributed by atoms with Crippen LogP contribution in [0.4, 0.5) is 0 Å². The van der Waals surface area contributed by atoms with Crippen LogP contribution in [0, 0.1) is 5.41 Å². The van der Waals surface area contributed by atoms with E-state index in [9.17, 15) is 4.79 Å². The molecule has 0 aromatic carbocycles. The number of piperidine rings is 1. The molecule has 0 spiro atoms. The summed E-state index contributed by atoms with van der Waals surface area (Å²) in [7, 11) is 0. The molecule has 1 aromatic rings. The molecule has 0 bridgehead atoms. The van der Waals surface area contributed by atoms with Gasteiger partial charge in [0, 0.05) is 25.0 Å². The Bertz CT molecular complexity index is 363. The van der Waals surface area contributed by atoms with Crippen molar-refractivity contribution >= 4 is 0 Å². The number of H-pyrrole nitrogens is 1. The molecule has 1 aromatic heterocycles. The second-order valence-electron chi connectivity index (χ2n) is 4.64. The molecule has 2 N–H and O–H groups in total. The van der Waals surface area contributed by atoms with Crippen molar-refractivity contribution < 1.29 is 0 Å². The third-order valence-corrected chi connectivity index (χ3v) is 3.09. The topological polar surface area (TPSA) is 49.8 Å². The van der Waals surface area contributed by atoms with Crippen LogP contribution < -0.4 is 11.0 Å². The Morgan fingerprint density at radius 3 is 2.93 bits per heavy atom. The summed E-state index contributed by atoms with van der Waals surface area (Å²) in [6, 6.07) is 0.308. The Balaban J connectivity index is 2.33. The van der Waals surface area contributed by atoms with Gasteiger partial charge in [-0.05, 0) is 18.4 Å². The number of hydrogen-bond donors (Lipinski definition) is 2. The molecular weight excluding hydrogens is 178 g/mol. The number of imidazole rings is 1. The number of nitrogens with zero attached hydrogens (tertiary/aromatic N) is 1. The minimum atomic E-state index is 0.00461. The molecule has 1 aliphatic rings. The van der Waals surface area contributed by atoms with Crippen LogP contribution in [0.15, 0.2) is 17.2 Å². The first-order chi connectivity index (χ1) is 6.61. The first-order valence-electron chi connectivity index (χ1n) is 5.07. The number of rotatable bonds is 1. The lowest BCUT2D eigenvalue weighted by molar-refractivity contribution is 0.158. The van der Waals surface area contributed by atoms with Gasteiger partial charge in [-0.15, -0.1) is 0 Å². The van der Waals surface area contributed by atoms with E-state index in [4.69, 9.17) is 0 Å². The summed E-state index contributed by atoms with van der Waals surface area (Å²) < 4.78 is 1.82. The van der Waals surface area contributed by atoms with E-state index in [1.54, 1.807) is 6.20 Å². The Hall–Kier alpha value is -1.03. The maximum atomic E-state index is 11.5. The summed E-state index contributed by atoms with van der Waals surface area (Å²) in [6.45, 7) is 6.35. The molecule has 1 saturated heterocycles. The Morgan fingerprint density at radius 2 is 2.36 bits per heavy atom. The highest BCUT2D eigenvalue weighted by molar-refractivity contribution is 4.93. The lowest BCUT2D eigenvalue weighted by atomic mass is 9.80. The Morgan fingerprint density at radius 1 is 1.57 bits per heavy atom. The standard InChI is InChI=1S/C10H17N3O/c1-10(2)7-11-4-3-8(10)13-6-5-12-9(13)14/h5-6,8,11H,3-4,7H2,1-2H3,(H,12,14). The monoisotopic (exact) mass is 195 g/mol. The largest absolute Gasteiger partial charge is 0.325 e. The molecule has 1 unspecified atom stereocenters. The molecule has 2 rings (SSSR count). The second kappa shape index (κ2) is 3.28. The normalized spacial score (nSPS) is 26.3. The van der Waals surface area contributed by atoms with Crippen LogP contribution in [0.25, 0.3) is 0 Å². The highest BCUT2D eigenvalue weighted by Crippen LogP contribution is 2.34. The van der Waals surface area contributed by atoms with Gasteiger partial charge in [-0.3, -0.25) is 4.57 Å². The molecule has 1 aliphatic heterocycles. The highest BCUT2D eigenvalue weighted by Gasteiger charge is 2.33. The van der Waals surface area contributed by atoms with Gasteiger partial charge < -0.3 is 10.3 Å². The van der Waals surface area contributed by atoms with Crippen LogP contribution >= 0.6 is 0 Å². The second-order valence-corrected chi connectivity index (χ2v) is 4.64. The molecule has 1 atom stereocenters. The zero-order chi connectivity index (χ0) is 10.2. The molecule has 78 valence electrons. The van der Waals surface area contributed by atoms with E-state index in [0.717, 1.165) is 19.5 Å². The van der Waals surface area contributed by atoms with Gasteiger partial charge in [-0.2, -0.15) is 0 Å². The quantitative estimate of drug-likeness (QED) is 0.694. The van der Waals surface area contributed by atoms with Gasteiger partial charge in [-0.25, -0.2) is 4.79 Å². The molecule has 0 aliphatic carbocycles. The minimum Gasteiger partial charge on any atom is -0.316 e. The van der Waals surface area contributed by atoms with Gasteiger partial charge in [0.15, 0.2) is 0 Å². The smallest absolute Gasteiger partial charge is 0.316 e. The van der Waals surface area contributed by atoms with Crippen LogP contribution in [0.2, 0.25) is 0 Å². The fraction of sp³-hybridized carbons (Fsp3) is 0.700. The minimum absolute atomic E-state index is 0.00461. The number of aromatic nitrogens is 2. The summed E-state index contributed by atoms with van der Waals surface area (Å²) in [5, 5.41) is 3.36. The van der Waals surface area contributed by atoms with Crippen molar-refractivity contribution in [2.45, 2.75) is 26.3 Å². The number of hydrogen-bond acceptors (Lipinski definition) is 2. The first kappa shape index (κ1) is 9.52. The van der Waals surface area contributed by atoms with Gasteiger partial charge in [0.2, 0.25) is 0 Å². The summed E-state index contributed by atoms with van der Waals surface area (Å²) >= 11 is 0. The summed E-state index contributed by atoms with van der Waals surface area (Å²) in [5.41, 5.74) is 0.148. The molecule has 4 nitrogen and oxygen atoms in total. The third-order valence-electron chi connectivity index (χ3n) is 3.09. The van der Waals surface area contributed by atoms with Crippen LogP contribution in [0.3, 0.4) is 0 Å². The van der Waals surface area contributed by atoms with Crippen molar-refractivity contribution in [3.8, 4) is 0 Å². The lowest BCUT2D eigenvalue weighted by Gasteiger charge is -2.39. The molecule has 0 amide bonds. The zero-order valence-electron chi connectivity index (χ0n) is 8.71. The van der Waals surface area contributed by atoms with E-state index < -0.39 is 0 Å². The maximum Gasteiger partial charge on any atom is 0.325 e. The molecule has 0 radical (unpaired) electrons. The van der Waals surface area contributed by atoms with Gasteiger partial charge >= 0.3 is 5.69 Å². The van der Waals surface area contributed by atoms with Crippen molar-refractivity contribution in [1.29, 1.82) is 0 Å². The first-order valence-corrected chi connectivity index (χ1v) is 5.07. The number of nitrogens with one attached hydrogen (secondary N) is 2. The van der Waals surface area contributed by atoms with Crippen LogP contribution in [-0.2, 0) is 0 Å². The van der Waals surface area contributed by atoms with E-state index in [1.807, 2.05) is 10.8 Å². The van der Waals surface area contributed by atoms with E-state index in [-0.39, 0.29) is 11.1 Å². The summed E-state index contributed by atoms with van der Waals surface area (Å²) in [6.07, 6.45) is 4.57. The molecular formula is C10H17N3O. The van der Waals surface area contributed by atoms with Crippen LogP contribution in [0.1, 0.15) is 26.3 Å².